The number of nitrogens with zero attached hydrogens (tertiary/aromatic N) is 3. The first kappa shape index (κ1) is 17.5. The van der Waals surface area contributed by atoms with Crippen LogP contribution in [0.5, 0.6) is 0 Å². The second kappa shape index (κ2) is 7.43. The summed E-state index contributed by atoms with van der Waals surface area (Å²) >= 11 is 1.51. The summed E-state index contributed by atoms with van der Waals surface area (Å²) in [7, 11) is 0. The SMILES string of the molecule is O=C(c1cccs1)N(Cc1c(-c2ccccc2)noc1N1CCCC1)C1CC1. The van der Waals surface area contributed by atoms with Crippen molar-refractivity contribution in [1.82, 2.24) is 10.1 Å². The van der Waals surface area contributed by atoms with Crippen molar-refractivity contribution in [3.05, 3.63) is 58.3 Å². The third-order valence-electron chi connectivity index (χ3n) is 5.52. The van der Waals surface area contributed by atoms with Gasteiger partial charge in [0.2, 0.25) is 5.88 Å². The second-order valence-corrected chi connectivity index (χ2v) is 8.46. The van der Waals surface area contributed by atoms with Gasteiger partial charge in [0.05, 0.1) is 17.0 Å². The molecule has 1 aliphatic carbocycles. The molecule has 1 aromatic carbocycles. The highest BCUT2D eigenvalue weighted by Gasteiger charge is 2.36. The molecule has 1 saturated carbocycles. The molecule has 3 aromatic rings. The Morgan fingerprint density at radius 2 is 1.93 bits per heavy atom. The van der Waals surface area contributed by atoms with Crippen LogP contribution in [0.2, 0.25) is 0 Å². The summed E-state index contributed by atoms with van der Waals surface area (Å²) in [6, 6.07) is 14.3. The normalized spacial score (nSPS) is 16.5. The third-order valence-corrected chi connectivity index (χ3v) is 6.37. The Kier molecular flexibility index (Phi) is 4.64. The van der Waals surface area contributed by atoms with Crippen LogP contribution >= 0.6 is 11.3 Å². The molecule has 0 spiro atoms. The van der Waals surface area contributed by atoms with E-state index in [0.29, 0.717) is 12.6 Å². The van der Waals surface area contributed by atoms with Crippen LogP contribution in [0.3, 0.4) is 0 Å². The van der Waals surface area contributed by atoms with Gasteiger partial charge in [0.15, 0.2) is 0 Å². The number of benzene rings is 1. The monoisotopic (exact) mass is 393 g/mol. The number of hydrogen-bond donors (Lipinski definition) is 0. The van der Waals surface area contributed by atoms with Gasteiger partial charge in [-0.3, -0.25) is 4.79 Å². The number of carbonyl (C=O) groups is 1. The van der Waals surface area contributed by atoms with Crippen LogP contribution in [0.25, 0.3) is 11.3 Å². The number of anilines is 1. The van der Waals surface area contributed by atoms with E-state index in [2.05, 4.69) is 22.2 Å². The lowest BCUT2D eigenvalue weighted by molar-refractivity contribution is 0.0735. The highest BCUT2D eigenvalue weighted by Crippen LogP contribution is 2.37. The molecule has 1 aliphatic heterocycles. The quantitative estimate of drug-likeness (QED) is 0.603. The van der Waals surface area contributed by atoms with Crippen LogP contribution in [0, 0.1) is 0 Å². The Balaban J connectivity index is 1.53. The summed E-state index contributed by atoms with van der Waals surface area (Å²) in [4.78, 5) is 18.3. The standard InChI is InChI=1S/C22H23N3O2S/c26-21(19-9-6-14-28-19)25(17-10-11-17)15-18-20(16-7-2-1-3-8-16)23-27-22(18)24-12-4-5-13-24/h1-3,6-9,14,17H,4-5,10-13,15H2. The lowest BCUT2D eigenvalue weighted by Gasteiger charge is -2.23. The first-order valence-corrected chi connectivity index (χ1v) is 10.8. The van der Waals surface area contributed by atoms with E-state index in [9.17, 15) is 4.79 Å². The van der Waals surface area contributed by atoms with E-state index >= 15 is 0 Å². The maximum Gasteiger partial charge on any atom is 0.264 e. The molecule has 144 valence electrons. The molecule has 6 heteroatoms. The molecular weight excluding hydrogens is 370 g/mol. The molecule has 1 amide bonds. The van der Waals surface area contributed by atoms with E-state index in [4.69, 9.17) is 4.52 Å². The van der Waals surface area contributed by atoms with Gasteiger partial charge in [-0.1, -0.05) is 41.6 Å². The Morgan fingerprint density at radius 1 is 1.14 bits per heavy atom. The van der Waals surface area contributed by atoms with E-state index in [1.54, 1.807) is 0 Å². The van der Waals surface area contributed by atoms with Crippen molar-refractivity contribution >= 4 is 23.1 Å². The number of carbonyl (C=O) groups excluding carboxylic acids is 1. The van der Waals surface area contributed by atoms with Crippen molar-refractivity contribution in [3.8, 4) is 11.3 Å². The highest BCUT2D eigenvalue weighted by molar-refractivity contribution is 7.12. The average Bonchev–Trinajstić information content (AvgIpc) is 3.15. The molecule has 0 atom stereocenters. The van der Waals surface area contributed by atoms with Crippen molar-refractivity contribution < 1.29 is 9.32 Å². The van der Waals surface area contributed by atoms with Gasteiger partial charge < -0.3 is 14.3 Å². The molecule has 0 radical (unpaired) electrons. The van der Waals surface area contributed by atoms with Crippen LogP contribution < -0.4 is 4.90 Å². The minimum Gasteiger partial charge on any atom is -0.340 e. The van der Waals surface area contributed by atoms with Crippen molar-refractivity contribution in [3.63, 3.8) is 0 Å². The predicted molar refractivity (Wildman–Crippen MR) is 111 cm³/mol. The van der Waals surface area contributed by atoms with Crippen molar-refractivity contribution in [2.45, 2.75) is 38.3 Å². The van der Waals surface area contributed by atoms with Gasteiger partial charge in [-0.15, -0.1) is 11.3 Å². The summed E-state index contributed by atoms with van der Waals surface area (Å²) in [5.41, 5.74) is 2.92. The van der Waals surface area contributed by atoms with Gasteiger partial charge >= 0.3 is 0 Å². The predicted octanol–water partition coefficient (Wildman–Crippen LogP) is 4.81. The highest BCUT2D eigenvalue weighted by atomic mass is 32.1. The molecule has 0 bridgehead atoms. The zero-order valence-corrected chi connectivity index (χ0v) is 16.5. The fourth-order valence-electron chi connectivity index (χ4n) is 3.90. The van der Waals surface area contributed by atoms with Gasteiger partial charge in [0.1, 0.15) is 5.69 Å². The average molecular weight is 394 g/mol. The Labute approximate surface area is 168 Å². The number of amides is 1. The zero-order chi connectivity index (χ0) is 18.9. The molecule has 28 heavy (non-hydrogen) atoms. The molecule has 0 N–H and O–H groups in total. The van der Waals surface area contributed by atoms with Gasteiger partial charge in [-0.05, 0) is 37.1 Å². The first-order chi connectivity index (χ1) is 13.8. The maximum atomic E-state index is 13.2. The summed E-state index contributed by atoms with van der Waals surface area (Å²) in [6.07, 6.45) is 4.48. The Hall–Kier alpha value is -2.60. The lowest BCUT2D eigenvalue weighted by Crippen LogP contribution is -2.33. The molecule has 3 heterocycles. The summed E-state index contributed by atoms with van der Waals surface area (Å²) in [5.74, 6) is 0.950. The molecule has 1 saturated heterocycles. The summed E-state index contributed by atoms with van der Waals surface area (Å²) < 4.78 is 5.85. The third kappa shape index (κ3) is 3.33. The van der Waals surface area contributed by atoms with Crippen LogP contribution in [-0.2, 0) is 6.54 Å². The number of hydrogen-bond acceptors (Lipinski definition) is 5. The molecule has 0 unspecified atom stereocenters. The molecule has 2 fully saturated rings. The van der Waals surface area contributed by atoms with Crippen LogP contribution in [-0.4, -0.2) is 35.1 Å². The lowest BCUT2D eigenvalue weighted by atomic mass is 10.1. The van der Waals surface area contributed by atoms with Crippen molar-refractivity contribution in [1.29, 1.82) is 0 Å². The summed E-state index contributed by atoms with van der Waals surface area (Å²) in [5, 5.41) is 6.39. The molecule has 5 rings (SSSR count). The van der Waals surface area contributed by atoms with Crippen LogP contribution in [0.15, 0.2) is 52.4 Å². The topological polar surface area (TPSA) is 49.6 Å². The second-order valence-electron chi connectivity index (χ2n) is 7.52. The van der Waals surface area contributed by atoms with E-state index < -0.39 is 0 Å². The van der Waals surface area contributed by atoms with Gasteiger partial charge in [-0.2, -0.15) is 0 Å². The van der Waals surface area contributed by atoms with Gasteiger partial charge in [0.25, 0.3) is 5.91 Å². The fourth-order valence-corrected chi connectivity index (χ4v) is 4.58. The summed E-state index contributed by atoms with van der Waals surface area (Å²) in [6.45, 7) is 2.51. The van der Waals surface area contributed by atoms with Gasteiger partial charge in [-0.25, -0.2) is 0 Å². The number of aromatic nitrogens is 1. The first-order valence-electron chi connectivity index (χ1n) is 9.94. The minimum atomic E-state index is 0.116. The van der Waals surface area contributed by atoms with E-state index in [1.807, 2.05) is 40.6 Å². The fraction of sp³-hybridized carbons (Fsp3) is 0.364. The zero-order valence-electron chi connectivity index (χ0n) is 15.7. The van der Waals surface area contributed by atoms with E-state index in [0.717, 1.165) is 53.5 Å². The van der Waals surface area contributed by atoms with Crippen molar-refractivity contribution in [2.75, 3.05) is 18.0 Å². The molecular formula is C22H23N3O2S. The number of rotatable bonds is 6. The smallest absolute Gasteiger partial charge is 0.264 e. The van der Waals surface area contributed by atoms with Gasteiger partial charge in [0, 0.05) is 24.7 Å². The van der Waals surface area contributed by atoms with Crippen molar-refractivity contribution in [2.24, 2.45) is 0 Å². The Bertz CT molecular complexity index is 942. The van der Waals surface area contributed by atoms with E-state index in [1.165, 1.54) is 24.2 Å². The Morgan fingerprint density at radius 3 is 2.61 bits per heavy atom. The maximum absolute atomic E-state index is 13.2. The largest absolute Gasteiger partial charge is 0.340 e. The molecule has 5 nitrogen and oxygen atoms in total. The van der Waals surface area contributed by atoms with E-state index in [-0.39, 0.29) is 5.91 Å². The minimum absolute atomic E-state index is 0.116. The van der Waals surface area contributed by atoms with Crippen LogP contribution in [0.1, 0.15) is 40.9 Å². The molecule has 2 aromatic heterocycles. The number of thiophene rings is 1. The van der Waals surface area contributed by atoms with Crippen LogP contribution in [0.4, 0.5) is 5.88 Å². The molecule has 2 aliphatic rings.